The van der Waals surface area contributed by atoms with Gasteiger partial charge in [0, 0.05) is 25.7 Å². The maximum atomic E-state index is 12.8. The molecule has 0 spiro atoms. The molecule has 0 amide bonds. The molecule has 0 aliphatic carbocycles. The summed E-state index contributed by atoms with van der Waals surface area (Å²) in [5.41, 5.74) is -0.233. The zero-order valence-electron chi connectivity index (χ0n) is 18.6. The van der Waals surface area contributed by atoms with Crippen LogP contribution in [-0.4, -0.2) is 53.8 Å². The third-order valence-corrected chi connectivity index (χ3v) is 7.40. The van der Waals surface area contributed by atoms with Crippen molar-refractivity contribution >= 4 is 32.7 Å². The van der Waals surface area contributed by atoms with E-state index in [0.717, 1.165) is 14.4 Å². The second kappa shape index (κ2) is 10.2. The van der Waals surface area contributed by atoms with Crippen LogP contribution in [0.2, 0.25) is 5.02 Å². The summed E-state index contributed by atoms with van der Waals surface area (Å²) in [5.74, 6) is 0. The molecule has 3 aromatic rings. The maximum Gasteiger partial charge on any atom is 0.317 e. The fourth-order valence-corrected chi connectivity index (χ4v) is 4.56. The lowest BCUT2D eigenvalue weighted by molar-refractivity contribution is 0.0204. The average molecular weight is 496 g/mol. The van der Waals surface area contributed by atoms with E-state index in [9.17, 15) is 23.1 Å². The highest BCUT2D eigenvalue weighted by Gasteiger charge is 2.21. The molecule has 0 radical (unpaired) electrons. The number of hydrogen-bond donors (Lipinski definition) is 1. The van der Waals surface area contributed by atoms with E-state index in [4.69, 9.17) is 16.3 Å². The number of nitrogens with zero attached hydrogens (tertiary/aromatic N) is 3. The van der Waals surface area contributed by atoms with E-state index in [1.165, 1.54) is 36.9 Å². The van der Waals surface area contributed by atoms with Gasteiger partial charge < -0.3 is 14.4 Å². The maximum absolute atomic E-state index is 12.8. The number of halogens is 1. The van der Waals surface area contributed by atoms with E-state index < -0.39 is 27.2 Å². The fraction of sp³-hybridized carbons (Fsp3) is 0.364. The van der Waals surface area contributed by atoms with Crippen LogP contribution in [0.1, 0.15) is 12.5 Å². The minimum atomic E-state index is -3.77. The molecular weight excluding hydrogens is 470 g/mol. The summed E-state index contributed by atoms with van der Waals surface area (Å²) < 4.78 is 34.2. The Hall–Kier alpha value is -2.50. The zero-order valence-corrected chi connectivity index (χ0v) is 20.1. The first-order valence-electron chi connectivity index (χ1n) is 10.3. The zero-order chi connectivity index (χ0) is 24.3. The molecule has 33 heavy (non-hydrogen) atoms. The van der Waals surface area contributed by atoms with Crippen LogP contribution in [0.25, 0.3) is 11.0 Å². The Morgan fingerprint density at radius 2 is 1.73 bits per heavy atom. The molecule has 0 fully saturated rings. The first kappa shape index (κ1) is 25.1. The third-order valence-electron chi connectivity index (χ3n) is 5.22. The lowest BCUT2D eigenvalue weighted by Crippen LogP contribution is -2.43. The second-order valence-electron chi connectivity index (χ2n) is 7.66. The molecule has 0 aliphatic heterocycles. The Bertz CT molecular complexity index is 1380. The van der Waals surface area contributed by atoms with Crippen molar-refractivity contribution in [1.29, 1.82) is 0 Å². The minimum Gasteiger partial charge on any atom is -0.389 e. The van der Waals surface area contributed by atoms with Gasteiger partial charge in [-0.15, -0.1) is 0 Å². The number of sulfonamides is 1. The fourth-order valence-electron chi connectivity index (χ4n) is 3.45. The Labute approximate surface area is 196 Å². The first-order chi connectivity index (χ1) is 15.6. The van der Waals surface area contributed by atoms with E-state index in [1.807, 2.05) is 6.07 Å². The number of ether oxygens (including phenoxy) is 1. The number of aliphatic hydroxyl groups is 1. The molecule has 2 aromatic carbocycles. The highest BCUT2D eigenvalue weighted by Crippen LogP contribution is 2.20. The number of fused-ring (bicyclic) bond motifs is 1. The van der Waals surface area contributed by atoms with Crippen molar-refractivity contribution in [3.63, 3.8) is 0 Å². The summed E-state index contributed by atoms with van der Waals surface area (Å²) in [4.78, 5) is 25.4. The number of aryl methyl sites for hydroxylation is 1. The molecule has 1 heterocycles. The quantitative estimate of drug-likeness (QED) is 0.452. The summed E-state index contributed by atoms with van der Waals surface area (Å²) in [6.07, 6.45) is -1.13. The molecule has 0 unspecified atom stereocenters. The van der Waals surface area contributed by atoms with Crippen LogP contribution in [-0.2, 0) is 34.5 Å². The van der Waals surface area contributed by atoms with E-state index in [1.54, 1.807) is 25.1 Å². The topological polar surface area (TPSA) is 111 Å². The van der Waals surface area contributed by atoms with Gasteiger partial charge in [-0.1, -0.05) is 29.8 Å². The SMILES string of the molecule is CCn1c(=O)c(=O)n(C[C@H](O)COCc2ccccc2Cl)c2cc(S(=O)(=O)N(C)C)ccc21. The number of hydrogen-bond acceptors (Lipinski definition) is 6. The Kier molecular flexibility index (Phi) is 7.76. The van der Waals surface area contributed by atoms with Crippen LogP contribution in [0.15, 0.2) is 56.9 Å². The lowest BCUT2D eigenvalue weighted by Gasteiger charge is -2.19. The number of benzene rings is 2. The molecular formula is C22H26ClN3O6S. The molecule has 3 rings (SSSR count). The highest BCUT2D eigenvalue weighted by atomic mass is 35.5. The van der Waals surface area contributed by atoms with Crippen molar-refractivity contribution in [1.82, 2.24) is 13.4 Å². The van der Waals surface area contributed by atoms with Crippen molar-refractivity contribution in [3.8, 4) is 0 Å². The lowest BCUT2D eigenvalue weighted by atomic mass is 10.2. The van der Waals surface area contributed by atoms with Gasteiger partial charge in [0.15, 0.2) is 0 Å². The highest BCUT2D eigenvalue weighted by molar-refractivity contribution is 7.89. The van der Waals surface area contributed by atoms with Gasteiger partial charge in [0.1, 0.15) is 0 Å². The van der Waals surface area contributed by atoms with Crippen molar-refractivity contribution in [3.05, 3.63) is 73.8 Å². The van der Waals surface area contributed by atoms with Crippen LogP contribution in [0.4, 0.5) is 0 Å². The van der Waals surface area contributed by atoms with Gasteiger partial charge in [-0.25, -0.2) is 12.7 Å². The molecule has 1 N–H and O–H groups in total. The molecule has 1 atom stereocenters. The van der Waals surface area contributed by atoms with Crippen LogP contribution < -0.4 is 11.1 Å². The molecule has 1 aromatic heterocycles. The average Bonchev–Trinajstić information content (AvgIpc) is 2.78. The summed E-state index contributed by atoms with van der Waals surface area (Å²) in [7, 11) is -0.969. The van der Waals surface area contributed by atoms with Crippen LogP contribution in [0, 0.1) is 0 Å². The summed E-state index contributed by atoms with van der Waals surface area (Å²) in [5, 5.41) is 11.0. The van der Waals surface area contributed by atoms with E-state index in [2.05, 4.69) is 0 Å². The minimum absolute atomic E-state index is 0.0288. The largest absolute Gasteiger partial charge is 0.389 e. The van der Waals surface area contributed by atoms with Gasteiger partial charge in [0.05, 0.1) is 41.8 Å². The van der Waals surface area contributed by atoms with Crippen molar-refractivity contribution in [2.75, 3.05) is 20.7 Å². The standard InChI is InChI=1S/C22H26ClN3O6S/c1-4-25-19-10-9-17(33(30,31)24(2)3)11-20(19)26(22(29)21(25)28)12-16(27)14-32-13-15-7-5-6-8-18(15)23/h5-11,16,27H,4,12-14H2,1-3H3/t16-/m0/s1. The third kappa shape index (κ3) is 5.20. The molecule has 178 valence electrons. The van der Waals surface area contributed by atoms with Gasteiger partial charge in [0.2, 0.25) is 10.0 Å². The predicted molar refractivity (Wildman–Crippen MR) is 126 cm³/mol. The Morgan fingerprint density at radius 1 is 1.06 bits per heavy atom. The van der Waals surface area contributed by atoms with E-state index >= 15 is 0 Å². The van der Waals surface area contributed by atoms with Gasteiger partial charge in [-0.05, 0) is 36.8 Å². The van der Waals surface area contributed by atoms with Gasteiger partial charge in [-0.3, -0.25) is 14.2 Å². The summed E-state index contributed by atoms with van der Waals surface area (Å²) in [6.45, 7) is 1.74. The van der Waals surface area contributed by atoms with E-state index in [-0.39, 0.29) is 36.7 Å². The van der Waals surface area contributed by atoms with Gasteiger partial charge in [-0.2, -0.15) is 0 Å². The smallest absolute Gasteiger partial charge is 0.317 e. The normalized spacial score (nSPS) is 13.0. The summed E-state index contributed by atoms with van der Waals surface area (Å²) in [6, 6.07) is 11.4. The molecule has 0 aliphatic rings. The number of aromatic nitrogens is 2. The van der Waals surface area contributed by atoms with Crippen molar-refractivity contribution in [2.24, 2.45) is 0 Å². The van der Waals surface area contributed by atoms with Crippen molar-refractivity contribution in [2.45, 2.75) is 37.6 Å². The Balaban J connectivity index is 1.96. The number of rotatable bonds is 9. The van der Waals surface area contributed by atoms with Crippen LogP contribution in [0.5, 0.6) is 0 Å². The molecule has 0 saturated heterocycles. The molecule has 0 saturated carbocycles. The Morgan fingerprint density at radius 3 is 2.36 bits per heavy atom. The predicted octanol–water partition coefficient (Wildman–Crippen LogP) is 1.66. The molecule has 0 bridgehead atoms. The first-order valence-corrected chi connectivity index (χ1v) is 12.1. The van der Waals surface area contributed by atoms with E-state index in [0.29, 0.717) is 10.5 Å². The van der Waals surface area contributed by atoms with Gasteiger partial charge in [0.25, 0.3) is 0 Å². The van der Waals surface area contributed by atoms with Crippen LogP contribution in [0.3, 0.4) is 0 Å². The monoisotopic (exact) mass is 495 g/mol. The second-order valence-corrected chi connectivity index (χ2v) is 10.2. The summed E-state index contributed by atoms with van der Waals surface area (Å²) >= 11 is 6.10. The molecule has 11 heteroatoms. The van der Waals surface area contributed by atoms with Gasteiger partial charge >= 0.3 is 11.1 Å². The molecule has 9 nitrogen and oxygen atoms in total. The van der Waals surface area contributed by atoms with Crippen LogP contribution >= 0.6 is 11.6 Å². The number of aliphatic hydroxyl groups excluding tert-OH is 1. The van der Waals surface area contributed by atoms with Crippen molar-refractivity contribution < 1.29 is 18.3 Å².